The van der Waals surface area contributed by atoms with Crippen molar-refractivity contribution >= 4 is 10.0 Å². The van der Waals surface area contributed by atoms with Gasteiger partial charge in [0, 0.05) is 19.6 Å². The molecule has 0 bridgehead atoms. The second-order valence-electron chi connectivity index (χ2n) is 6.48. The molecule has 114 valence electrons. The Morgan fingerprint density at radius 3 is 2.58 bits per heavy atom. The quantitative estimate of drug-likeness (QED) is 0.763. The normalized spacial score (nSPS) is 22.9. The monoisotopic (exact) mass is 290 g/mol. The van der Waals surface area contributed by atoms with Crippen molar-refractivity contribution in [3.63, 3.8) is 0 Å². The first-order valence-electron chi connectivity index (χ1n) is 7.49. The van der Waals surface area contributed by atoms with Gasteiger partial charge in [0.15, 0.2) is 0 Å². The molecule has 0 amide bonds. The van der Waals surface area contributed by atoms with Crippen LogP contribution in [0.5, 0.6) is 0 Å². The highest BCUT2D eigenvalue weighted by atomic mass is 32.2. The molecule has 19 heavy (non-hydrogen) atoms. The van der Waals surface area contributed by atoms with Crippen LogP contribution in [-0.2, 0) is 10.0 Å². The molecular formula is C14H30N2O2S. The lowest BCUT2D eigenvalue weighted by Crippen LogP contribution is -2.42. The van der Waals surface area contributed by atoms with Gasteiger partial charge >= 0.3 is 0 Å². The van der Waals surface area contributed by atoms with Crippen LogP contribution >= 0.6 is 0 Å². The van der Waals surface area contributed by atoms with Crippen LogP contribution in [0.2, 0.25) is 0 Å². The molecule has 1 unspecified atom stereocenters. The molecule has 1 aliphatic rings. The highest BCUT2D eigenvalue weighted by molar-refractivity contribution is 7.89. The van der Waals surface area contributed by atoms with E-state index in [-0.39, 0.29) is 10.7 Å². The van der Waals surface area contributed by atoms with Crippen LogP contribution < -0.4 is 5.32 Å². The van der Waals surface area contributed by atoms with E-state index < -0.39 is 10.0 Å². The van der Waals surface area contributed by atoms with Crippen molar-refractivity contribution in [2.24, 2.45) is 5.41 Å². The molecule has 1 rings (SSSR count). The average molecular weight is 290 g/mol. The van der Waals surface area contributed by atoms with E-state index >= 15 is 0 Å². The molecule has 1 saturated heterocycles. The second-order valence-corrected chi connectivity index (χ2v) is 8.83. The molecule has 0 saturated carbocycles. The van der Waals surface area contributed by atoms with Crippen LogP contribution in [0.15, 0.2) is 0 Å². The third-order valence-electron chi connectivity index (χ3n) is 4.03. The molecule has 0 aromatic carbocycles. The van der Waals surface area contributed by atoms with Crippen molar-refractivity contribution in [3.05, 3.63) is 0 Å². The third-order valence-corrected chi connectivity index (χ3v) is 6.29. The van der Waals surface area contributed by atoms with Crippen LogP contribution in [0, 0.1) is 5.41 Å². The molecule has 4 nitrogen and oxygen atoms in total. The lowest BCUT2D eigenvalue weighted by Gasteiger charge is -2.25. The molecule has 0 aromatic heterocycles. The van der Waals surface area contributed by atoms with E-state index in [1.165, 1.54) is 0 Å². The first kappa shape index (κ1) is 16.9. The van der Waals surface area contributed by atoms with Crippen molar-refractivity contribution in [1.82, 2.24) is 9.62 Å². The Labute approximate surface area is 119 Å². The van der Waals surface area contributed by atoms with E-state index in [0.717, 1.165) is 32.2 Å². The number of hydrogen-bond donors (Lipinski definition) is 1. The highest BCUT2D eigenvalue weighted by Crippen LogP contribution is 2.31. The summed E-state index contributed by atoms with van der Waals surface area (Å²) < 4.78 is 26.8. The zero-order valence-corrected chi connectivity index (χ0v) is 13.7. The minimum absolute atomic E-state index is 0.272. The molecule has 1 heterocycles. The van der Waals surface area contributed by atoms with Crippen molar-refractivity contribution < 1.29 is 8.42 Å². The molecule has 1 fully saturated rings. The maximum Gasteiger partial charge on any atom is 0.217 e. The Morgan fingerprint density at radius 2 is 1.95 bits per heavy atom. The largest absolute Gasteiger partial charge is 0.315 e. The van der Waals surface area contributed by atoms with E-state index in [9.17, 15) is 8.42 Å². The number of nitrogens with one attached hydrogen (secondary N) is 1. The number of nitrogens with zero attached hydrogens (tertiary/aromatic N) is 1. The Hall–Kier alpha value is -0.130. The van der Waals surface area contributed by atoms with Gasteiger partial charge < -0.3 is 5.32 Å². The first-order chi connectivity index (χ1) is 8.79. The molecule has 0 aliphatic carbocycles. The van der Waals surface area contributed by atoms with Gasteiger partial charge in [-0.25, -0.2) is 12.7 Å². The van der Waals surface area contributed by atoms with Gasteiger partial charge in [0.05, 0.1) is 5.25 Å². The Morgan fingerprint density at radius 1 is 1.26 bits per heavy atom. The van der Waals surface area contributed by atoms with E-state index in [1.54, 1.807) is 4.31 Å². The molecule has 0 spiro atoms. The summed E-state index contributed by atoms with van der Waals surface area (Å²) in [7, 11) is -3.15. The van der Waals surface area contributed by atoms with Gasteiger partial charge in [-0.15, -0.1) is 0 Å². The van der Waals surface area contributed by atoms with E-state index in [2.05, 4.69) is 26.1 Å². The maximum absolute atomic E-state index is 12.5. The van der Waals surface area contributed by atoms with Crippen molar-refractivity contribution in [2.75, 3.05) is 26.2 Å². The van der Waals surface area contributed by atoms with Gasteiger partial charge in [0.1, 0.15) is 0 Å². The van der Waals surface area contributed by atoms with Crippen molar-refractivity contribution in [3.8, 4) is 0 Å². The summed E-state index contributed by atoms with van der Waals surface area (Å²) >= 11 is 0. The van der Waals surface area contributed by atoms with Gasteiger partial charge in [-0.1, -0.05) is 20.8 Å². The van der Waals surface area contributed by atoms with Crippen LogP contribution in [0.1, 0.15) is 53.4 Å². The molecule has 0 aromatic rings. The topological polar surface area (TPSA) is 49.4 Å². The van der Waals surface area contributed by atoms with Crippen LogP contribution in [0.25, 0.3) is 0 Å². The van der Waals surface area contributed by atoms with Crippen LogP contribution in [0.3, 0.4) is 0 Å². The van der Waals surface area contributed by atoms with E-state index in [0.29, 0.717) is 19.6 Å². The summed E-state index contributed by atoms with van der Waals surface area (Å²) in [6.07, 6.45) is 4.08. The standard InChI is InChI=1S/C14H30N2O2S/c1-5-9-15-12-13(2)19(17,18)16-10-6-7-14(3,4)8-11-16/h13,15H,5-12H2,1-4H3. The first-order valence-corrected chi connectivity index (χ1v) is 8.99. The average Bonchev–Trinajstić information content (AvgIpc) is 2.50. The smallest absolute Gasteiger partial charge is 0.217 e. The molecule has 1 atom stereocenters. The fraction of sp³-hybridized carbons (Fsp3) is 1.00. The van der Waals surface area contributed by atoms with E-state index in [4.69, 9.17) is 0 Å². The second kappa shape index (κ2) is 7.04. The van der Waals surface area contributed by atoms with Crippen LogP contribution in [-0.4, -0.2) is 44.2 Å². The lowest BCUT2D eigenvalue weighted by atomic mass is 9.85. The molecule has 1 N–H and O–H groups in total. The zero-order valence-electron chi connectivity index (χ0n) is 12.9. The zero-order chi connectivity index (χ0) is 14.5. The molecule has 5 heteroatoms. The van der Waals surface area contributed by atoms with Gasteiger partial charge in [0.2, 0.25) is 10.0 Å². The summed E-state index contributed by atoms with van der Waals surface area (Å²) in [5.74, 6) is 0. The van der Waals surface area contributed by atoms with Crippen molar-refractivity contribution in [2.45, 2.75) is 58.6 Å². The number of sulfonamides is 1. The molecule has 0 radical (unpaired) electrons. The van der Waals surface area contributed by atoms with E-state index in [1.807, 2.05) is 6.92 Å². The minimum atomic E-state index is -3.15. The number of rotatable bonds is 6. The summed E-state index contributed by atoms with van der Waals surface area (Å²) in [5, 5.41) is 2.87. The third kappa shape index (κ3) is 5.04. The Bertz CT molecular complexity index is 366. The van der Waals surface area contributed by atoms with Gasteiger partial charge in [-0.2, -0.15) is 0 Å². The summed E-state index contributed by atoms with van der Waals surface area (Å²) in [6, 6.07) is 0. The van der Waals surface area contributed by atoms with Crippen molar-refractivity contribution in [1.29, 1.82) is 0 Å². The fourth-order valence-electron chi connectivity index (χ4n) is 2.49. The maximum atomic E-state index is 12.5. The Balaban J connectivity index is 2.61. The van der Waals surface area contributed by atoms with Gasteiger partial charge in [0.25, 0.3) is 0 Å². The fourth-order valence-corrected chi connectivity index (χ4v) is 4.06. The predicted octanol–water partition coefficient (Wildman–Crippen LogP) is 2.22. The van der Waals surface area contributed by atoms with Gasteiger partial charge in [-0.3, -0.25) is 0 Å². The summed E-state index contributed by atoms with van der Waals surface area (Å²) in [4.78, 5) is 0. The Kier molecular flexibility index (Phi) is 6.27. The van der Waals surface area contributed by atoms with Gasteiger partial charge in [-0.05, 0) is 44.6 Å². The highest BCUT2D eigenvalue weighted by Gasteiger charge is 2.32. The summed E-state index contributed by atoms with van der Waals surface area (Å²) in [6.45, 7) is 11.2. The molecule has 1 aliphatic heterocycles. The number of hydrogen-bond acceptors (Lipinski definition) is 3. The SMILES string of the molecule is CCCNCC(C)S(=O)(=O)N1CCCC(C)(C)CC1. The minimum Gasteiger partial charge on any atom is -0.315 e. The van der Waals surface area contributed by atoms with Crippen LogP contribution in [0.4, 0.5) is 0 Å². The summed E-state index contributed by atoms with van der Waals surface area (Å²) in [5.41, 5.74) is 0.272. The lowest BCUT2D eigenvalue weighted by molar-refractivity contribution is 0.314. The molecular weight excluding hydrogens is 260 g/mol. The predicted molar refractivity (Wildman–Crippen MR) is 80.7 cm³/mol.